The maximum absolute atomic E-state index is 11.9. The third-order valence-corrected chi connectivity index (χ3v) is 4.26. The van der Waals surface area contributed by atoms with Gasteiger partial charge in [0.2, 0.25) is 5.91 Å². The Bertz CT molecular complexity index is 360. The Morgan fingerprint density at radius 2 is 1.83 bits per heavy atom. The molecule has 3 heteroatoms. The Morgan fingerprint density at radius 1 is 1.11 bits per heavy atom. The average molecular weight is 263 g/mol. The lowest BCUT2D eigenvalue weighted by Crippen LogP contribution is -2.37. The first kappa shape index (κ1) is 13.5. The molecule has 0 spiro atoms. The van der Waals surface area contributed by atoms with Crippen LogP contribution in [0.15, 0.2) is 30.3 Å². The summed E-state index contributed by atoms with van der Waals surface area (Å²) in [6.07, 6.45) is 3.93. The smallest absolute Gasteiger partial charge is 0.222 e. The number of carbonyl (C=O) groups excluding carboxylic acids is 1. The van der Waals surface area contributed by atoms with E-state index < -0.39 is 0 Å². The van der Waals surface area contributed by atoms with Gasteiger partial charge in [0.05, 0.1) is 0 Å². The molecule has 0 aromatic heterocycles. The summed E-state index contributed by atoms with van der Waals surface area (Å²) in [4.78, 5) is 14.0. The lowest BCUT2D eigenvalue weighted by atomic mass is 10.1. The lowest BCUT2D eigenvalue weighted by Gasteiger charge is -2.26. The molecule has 0 bridgehead atoms. The van der Waals surface area contributed by atoms with Crippen LogP contribution in [0.3, 0.4) is 0 Å². The van der Waals surface area contributed by atoms with Crippen molar-refractivity contribution in [1.82, 2.24) is 4.90 Å². The molecule has 1 aromatic carbocycles. The van der Waals surface area contributed by atoms with Crippen LogP contribution in [0.4, 0.5) is 0 Å². The molecule has 0 saturated carbocycles. The average Bonchev–Trinajstić information content (AvgIpc) is 2.45. The van der Waals surface area contributed by atoms with Gasteiger partial charge in [0.1, 0.15) is 0 Å². The lowest BCUT2D eigenvalue weighted by molar-refractivity contribution is -0.130. The van der Waals surface area contributed by atoms with Gasteiger partial charge >= 0.3 is 0 Å². The minimum atomic E-state index is 0.350. The minimum absolute atomic E-state index is 0.350. The number of aryl methyl sites for hydroxylation is 1. The van der Waals surface area contributed by atoms with Crippen molar-refractivity contribution in [3.8, 4) is 0 Å². The van der Waals surface area contributed by atoms with Gasteiger partial charge in [-0.05, 0) is 24.8 Å². The van der Waals surface area contributed by atoms with Gasteiger partial charge in [0.15, 0.2) is 0 Å². The largest absolute Gasteiger partial charge is 0.341 e. The SMILES string of the molecule is O=C(CCCCc1ccccc1)N1CCSCC1. The van der Waals surface area contributed by atoms with Crippen LogP contribution in [0.5, 0.6) is 0 Å². The number of hydrogen-bond donors (Lipinski definition) is 0. The highest BCUT2D eigenvalue weighted by atomic mass is 32.2. The number of carbonyl (C=O) groups is 1. The zero-order chi connectivity index (χ0) is 12.6. The second-order valence-electron chi connectivity index (χ2n) is 4.69. The molecule has 18 heavy (non-hydrogen) atoms. The van der Waals surface area contributed by atoms with Crippen molar-refractivity contribution in [1.29, 1.82) is 0 Å². The molecule has 0 atom stereocenters. The summed E-state index contributed by atoms with van der Waals surface area (Å²) in [6, 6.07) is 10.5. The zero-order valence-electron chi connectivity index (χ0n) is 10.8. The second-order valence-corrected chi connectivity index (χ2v) is 5.91. The normalized spacial score (nSPS) is 15.7. The highest BCUT2D eigenvalue weighted by Crippen LogP contribution is 2.12. The summed E-state index contributed by atoms with van der Waals surface area (Å²) in [5, 5.41) is 0. The van der Waals surface area contributed by atoms with Crippen molar-refractivity contribution in [3.05, 3.63) is 35.9 Å². The van der Waals surface area contributed by atoms with Gasteiger partial charge in [-0.3, -0.25) is 4.79 Å². The van der Waals surface area contributed by atoms with Gasteiger partial charge in [0, 0.05) is 31.0 Å². The third-order valence-electron chi connectivity index (χ3n) is 3.31. The standard InChI is InChI=1S/C15H21NOS/c17-15(16-10-12-18-13-11-16)9-5-4-8-14-6-2-1-3-7-14/h1-3,6-7H,4-5,8-13H2. The number of hydrogen-bond acceptors (Lipinski definition) is 2. The van der Waals surface area contributed by atoms with Crippen molar-refractivity contribution in [2.45, 2.75) is 25.7 Å². The van der Waals surface area contributed by atoms with Gasteiger partial charge in [-0.15, -0.1) is 0 Å². The molecule has 2 rings (SSSR count). The van der Waals surface area contributed by atoms with E-state index >= 15 is 0 Å². The molecule has 1 heterocycles. The van der Waals surface area contributed by atoms with Crippen molar-refractivity contribution >= 4 is 17.7 Å². The number of rotatable bonds is 5. The van der Waals surface area contributed by atoms with Gasteiger partial charge in [-0.2, -0.15) is 11.8 Å². The third kappa shape index (κ3) is 4.37. The van der Waals surface area contributed by atoms with E-state index in [1.807, 2.05) is 22.7 Å². The summed E-state index contributed by atoms with van der Waals surface area (Å²) >= 11 is 1.95. The Labute approximate surface area is 114 Å². The zero-order valence-corrected chi connectivity index (χ0v) is 11.6. The summed E-state index contributed by atoms with van der Waals surface area (Å²) < 4.78 is 0. The Hall–Kier alpha value is -0.960. The molecule has 1 fully saturated rings. The van der Waals surface area contributed by atoms with Gasteiger partial charge in [0.25, 0.3) is 0 Å². The molecule has 0 aliphatic carbocycles. The highest BCUT2D eigenvalue weighted by molar-refractivity contribution is 7.99. The molecule has 1 amide bonds. The van der Waals surface area contributed by atoms with E-state index in [-0.39, 0.29) is 0 Å². The van der Waals surface area contributed by atoms with Crippen molar-refractivity contribution in [3.63, 3.8) is 0 Å². The molecular weight excluding hydrogens is 242 g/mol. The van der Waals surface area contributed by atoms with Crippen LogP contribution in [-0.2, 0) is 11.2 Å². The molecule has 1 saturated heterocycles. The molecule has 2 nitrogen and oxygen atoms in total. The van der Waals surface area contributed by atoms with Gasteiger partial charge in [-0.1, -0.05) is 30.3 Å². The van der Waals surface area contributed by atoms with Crippen LogP contribution in [0.2, 0.25) is 0 Å². The Kier molecular flexibility index (Phi) is 5.59. The molecule has 1 aliphatic heterocycles. The van der Waals surface area contributed by atoms with Gasteiger partial charge < -0.3 is 4.90 Å². The van der Waals surface area contributed by atoms with E-state index in [4.69, 9.17) is 0 Å². The van der Waals surface area contributed by atoms with Gasteiger partial charge in [-0.25, -0.2) is 0 Å². The second kappa shape index (κ2) is 7.47. The summed E-state index contributed by atoms with van der Waals surface area (Å²) in [5.74, 6) is 2.56. The molecule has 0 N–H and O–H groups in total. The topological polar surface area (TPSA) is 20.3 Å². The summed E-state index contributed by atoms with van der Waals surface area (Å²) in [6.45, 7) is 1.89. The quantitative estimate of drug-likeness (QED) is 0.761. The fraction of sp³-hybridized carbons (Fsp3) is 0.533. The van der Waals surface area contributed by atoms with Crippen LogP contribution < -0.4 is 0 Å². The van der Waals surface area contributed by atoms with Crippen LogP contribution in [0, 0.1) is 0 Å². The number of benzene rings is 1. The van der Waals surface area contributed by atoms with Crippen LogP contribution in [-0.4, -0.2) is 35.4 Å². The van der Waals surface area contributed by atoms with Crippen molar-refractivity contribution in [2.24, 2.45) is 0 Å². The maximum atomic E-state index is 11.9. The number of nitrogens with zero attached hydrogens (tertiary/aromatic N) is 1. The van der Waals surface area contributed by atoms with E-state index in [1.165, 1.54) is 5.56 Å². The van der Waals surface area contributed by atoms with Crippen molar-refractivity contribution in [2.75, 3.05) is 24.6 Å². The molecule has 0 radical (unpaired) electrons. The van der Waals surface area contributed by atoms with Crippen LogP contribution in [0.25, 0.3) is 0 Å². The number of thioether (sulfide) groups is 1. The molecule has 1 aromatic rings. The first-order valence-electron chi connectivity index (χ1n) is 6.76. The van der Waals surface area contributed by atoms with E-state index in [0.29, 0.717) is 5.91 Å². The van der Waals surface area contributed by atoms with Crippen LogP contribution in [0.1, 0.15) is 24.8 Å². The monoisotopic (exact) mass is 263 g/mol. The molecule has 0 unspecified atom stereocenters. The molecule has 1 aliphatic rings. The number of amides is 1. The fourth-order valence-electron chi connectivity index (χ4n) is 2.22. The first-order valence-corrected chi connectivity index (χ1v) is 7.91. The Balaban J connectivity index is 1.61. The number of unbranched alkanes of at least 4 members (excludes halogenated alkanes) is 1. The highest BCUT2D eigenvalue weighted by Gasteiger charge is 2.15. The summed E-state index contributed by atoms with van der Waals surface area (Å²) in [7, 11) is 0. The van der Waals surface area contributed by atoms with E-state index in [0.717, 1.165) is 50.3 Å². The Morgan fingerprint density at radius 3 is 2.56 bits per heavy atom. The van der Waals surface area contributed by atoms with E-state index in [2.05, 4.69) is 24.3 Å². The van der Waals surface area contributed by atoms with E-state index in [9.17, 15) is 4.79 Å². The van der Waals surface area contributed by atoms with Crippen LogP contribution >= 0.6 is 11.8 Å². The minimum Gasteiger partial charge on any atom is -0.341 e. The predicted octanol–water partition coefficient (Wildman–Crippen LogP) is 2.97. The fourth-order valence-corrected chi connectivity index (χ4v) is 3.12. The predicted molar refractivity (Wildman–Crippen MR) is 77.9 cm³/mol. The maximum Gasteiger partial charge on any atom is 0.222 e. The van der Waals surface area contributed by atoms with Crippen molar-refractivity contribution < 1.29 is 4.79 Å². The first-order chi connectivity index (χ1) is 8.86. The summed E-state index contributed by atoms with van der Waals surface area (Å²) in [5.41, 5.74) is 1.37. The molecular formula is C15H21NOS. The molecule has 98 valence electrons. The van der Waals surface area contributed by atoms with E-state index in [1.54, 1.807) is 0 Å².